The van der Waals surface area contributed by atoms with E-state index in [2.05, 4.69) is 11.8 Å². The summed E-state index contributed by atoms with van der Waals surface area (Å²) in [5.74, 6) is 0. The van der Waals surface area contributed by atoms with Crippen LogP contribution in [-0.4, -0.2) is 14.1 Å². The van der Waals surface area contributed by atoms with Gasteiger partial charge in [-0.3, -0.25) is 0 Å². The van der Waals surface area contributed by atoms with Gasteiger partial charge in [-0.2, -0.15) is 0 Å². The lowest BCUT2D eigenvalue weighted by Gasteiger charge is -2.09. The largest absolute Gasteiger partial charge is 0.432 e. The maximum atomic E-state index is 9.90. The van der Waals surface area contributed by atoms with Crippen LogP contribution in [0.3, 0.4) is 0 Å². The third-order valence-electron chi connectivity index (χ3n) is 0.298. The number of nitrogens with zero attached hydrogens (tertiary/aromatic N) is 1. The molecule has 0 rings (SSSR count). The molecule has 3 N–H and O–H groups in total. The molecule has 0 aliphatic heterocycles. The van der Waals surface area contributed by atoms with E-state index < -0.39 is 7.75 Å². The maximum Gasteiger partial charge on any atom is 0.432 e. The highest BCUT2D eigenvalue weighted by Gasteiger charge is 2.22. The summed E-state index contributed by atoms with van der Waals surface area (Å²) in [6, 6.07) is 0. The quantitative estimate of drug-likeness (QED) is 0.322. The molecule has 50 valence electrons. The van der Waals surface area contributed by atoms with Crippen LogP contribution in [0.4, 0.5) is 0 Å². The highest BCUT2D eigenvalue weighted by Crippen LogP contribution is 2.39. The van der Waals surface area contributed by atoms with E-state index in [1.165, 1.54) is 4.94 Å². The van der Waals surface area contributed by atoms with Gasteiger partial charge < -0.3 is 9.79 Å². The molecule has 0 saturated heterocycles. The Bertz CT molecular complexity index is 110. The Hall–Kier alpha value is 0.650. The first kappa shape index (κ1) is 8.65. The minimum atomic E-state index is -4.40. The van der Waals surface area contributed by atoms with Gasteiger partial charge in [0.1, 0.15) is 0 Å². The van der Waals surface area contributed by atoms with Crippen LogP contribution in [0.25, 0.3) is 0 Å². The molecule has 5 nitrogen and oxygen atoms in total. The number of rotatable bonds is 2. The third-order valence-corrected chi connectivity index (χ3v) is 1.90. The van der Waals surface area contributed by atoms with Crippen molar-refractivity contribution in [1.29, 1.82) is 0 Å². The zero-order valence-electron chi connectivity index (χ0n) is 3.45. The summed E-state index contributed by atoms with van der Waals surface area (Å²) < 4.78 is 9.87. The molecule has 0 aromatic rings. The molecule has 8 heteroatoms. The van der Waals surface area contributed by atoms with Crippen LogP contribution >= 0.6 is 31.3 Å². The van der Waals surface area contributed by atoms with Crippen LogP contribution in [0.1, 0.15) is 0 Å². The normalized spacial score (nSPS) is 12.6. The molecule has 0 bridgehead atoms. The Kier molecular flexibility index (Phi) is 3.23. The van der Waals surface area contributed by atoms with Crippen molar-refractivity contribution in [2.24, 2.45) is 0 Å². The average molecular weight is 181 g/mol. The van der Waals surface area contributed by atoms with E-state index in [0.717, 1.165) is 0 Å². The molecule has 0 aromatic heterocycles. The van der Waals surface area contributed by atoms with Gasteiger partial charge in [0.25, 0.3) is 0 Å². The predicted molar refractivity (Wildman–Crippen MR) is 28.7 cm³/mol. The molecule has 0 radical (unpaired) electrons. The van der Waals surface area contributed by atoms with Gasteiger partial charge >= 0.3 is 7.75 Å². The molecule has 0 spiro atoms. The van der Waals surface area contributed by atoms with E-state index in [1.807, 2.05) is 0 Å². The smallest absolute Gasteiger partial charge is 0.311 e. The van der Waals surface area contributed by atoms with Crippen molar-refractivity contribution in [1.82, 2.24) is 9.24 Å². The van der Waals surface area contributed by atoms with Crippen molar-refractivity contribution < 1.29 is 14.4 Å². The van der Waals surface area contributed by atoms with Gasteiger partial charge in [0.05, 0.1) is 0 Å². The predicted octanol–water partition coefficient (Wildman–Crippen LogP) is 0.193. The zero-order chi connectivity index (χ0) is 6.78. The van der Waals surface area contributed by atoms with E-state index >= 15 is 0 Å². The van der Waals surface area contributed by atoms with Crippen LogP contribution in [0.15, 0.2) is 0 Å². The molecule has 0 fully saturated rings. The Morgan fingerprint density at radius 1 is 1.62 bits per heavy atom. The number of hydrogen-bond donors (Lipinski definition) is 3. The molecule has 0 heterocycles. The van der Waals surface area contributed by atoms with Crippen molar-refractivity contribution >= 4 is 31.3 Å². The fourth-order valence-electron chi connectivity index (χ4n) is 0.0492. The van der Waals surface area contributed by atoms with Gasteiger partial charge in [-0.15, -0.1) is 4.94 Å². The Balaban J connectivity index is 3.82. The maximum absolute atomic E-state index is 9.90. The lowest BCUT2D eigenvalue weighted by Crippen LogP contribution is -2.16. The van der Waals surface area contributed by atoms with Gasteiger partial charge in [0.15, 0.2) is 0 Å². The molecule has 0 aliphatic carbocycles. The van der Waals surface area contributed by atoms with Gasteiger partial charge in [0.2, 0.25) is 0 Å². The van der Waals surface area contributed by atoms with E-state index in [0.29, 0.717) is 0 Å². The minimum absolute atomic E-state index is 0.0332. The van der Waals surface area contributed by atoms with E-state index in [1.54, 1.807) is 0 Å². The Labute approximate surface area is 55.6 Å². The topological polar surface area (TPSA) is 72.8 Å². The molecular weight excluding hydrogens is 178 g/mol. The molecule has 0 amide bonds. The summed E-state index contributed by atoms with van der Waals surface area (Å²) >= 11 is 9.46. The van der Waals surface area contributed by atoms with Crippen LogP contribution in [0, 0.1) is 0 Å². The second kappa shape index (κ2) is 2.98. The summed E-state index contributed by atoms with van der Waals surface area (Å²) in [4.78, 5) is 17.6. The summed E-state index contributed by atoms with van der Waals surface area (Å²) in [7, 11) is -4.40. The third kappa shape index (κ3) is 2.84. The molecular formula is H3Cl2N2O3P. The number of halogens is 2. The summed E-state index contributed by atoms with van der Waals surface area (Å²) in [5.41, 5.74) is 0. The average Bonchev–Trinajstić information content (AvgIpc) is 1.62. The first-order valence-electron chi connectivity index (χ1n) is 1.36. The van der Waals surface area contributed by atoms with Gasteiger partial charge in [-0.1, -0.05) is 0 Å². The van der Waals surface area contributed by atoms with E-state index in [9.17, 15) is 4.57 Å². The SMILES string of the molecule is O=P(O)(O)N(Cl)NCl. The highest BCUT2D eigenvalue weighted by molar-refractivity contribution is 7.50. The first-order valence-corrected chi connectivity index (χ1v) is 3.65. The Morgan fingerprint density at radius 3 is 2.00 bits per heavy atom. The van der Waals surface area contributed by atoms with Crippen LogP contribution < -0.4 is 4.94 Å². The van der Waals surface area contributed by atoms with Crippen molar-refractivity contribution in [3.8, 4) is 0 Å². The van der Waals surface area contributed by atoms with Crippen molar-refractivity contribution in [2.45, 2.75) is 0 Å². The molecule has 0 atom stereocenters. The lowest BCUT2D eigenvalue weighted by atomic mass is 12.9. The van der Waals surface area contributed by atoms with Gasteiger partial charge in [0, 0.05) is 11.8 Å². The van der Waals surface area contributed by atoms with Crippen LogP contribution in [-0.2, 0) is 4.57 Å². The monoisotopic (exact) mass is 180 g/mol. The number of nitrogens with one attached hydrogen (secondary N) is 1. The minimum Gasteiger partial charge on any atom is -0.311 e. The molecule has 0 aromatic carbocycles. The summed E-state index contributed by atoms with van der Waals surface area (Å²) in [6.07, 6.45) is 0. The highest BCUT2D eigenvalue weighted by atomic mass is 35.5. The fourth-order valence-corrected chi connectivity index (χ4v) is 0.443. The molecule has 0 unspecified atom stereocenters. The molecule has 8 heavy (non-hydrogen) atoms. The van der Waals surface area contributed by atoms with Crippen LogP contribution in [0.5, 0.6) is 0 Å². The van der Waals surface area contributed by atoms with Crippen molar-refractivity contribution in [3.63, 3.8) is 0 Å². The van der Waals surface area contributed by atoms with Crippen LogP contribution in [0.2, 0.25) is 0 Å². The molecule has 0 aliphatic rings. The summed E-state index contributed by atoms with van der Waals surface area (Å²) in [5, 5.41) is 0. The zero-order valence-corrected chi connectivity index (χ0v) is 5.86. The van der Waals surface area contributed by atoms with Gasteiger partial charge in [-0.05, 0) is 16.1 Å². The van der Waals surface area contributed by atoms with Gasteiger partial charge in [-0.25, -0.2) is 4.57 Å². The van der Waals surface area contributed by atoms with E-state index in [-0.39, 0.29) is 4.30 Å². The summed E-state index contributed by atoms with van der Waals surface area (Å²) in [6.45, 7) is 0. The second-order valence-corrected chi connectivity index (χ2v) is 3.03. The van der Waals surface area contributed by atoms with E-state index in [4.69, 9.17) is 21.6 Å². The second-order valence-electron chi connectivity index (χ2n) is 0.858. The standard InChI is InChI=1S/Cl2H3N2O3P/c1-3-4(2)8(5,6)7/h3H,(H2,5,6,7). The lowest BCUT2D eigenvalue weighted by molar-refractivity contribution is 0.316. The molecule has 0 saturated carbocycles. The Morgan fingerprint density at radius 2 is 2.00 bits per heavy atom. The van der Waals surface area contributed by atoms with Crippen molar-refractivity contribution in [2.75, 3.05) is 0 Å². The fraction of sp³-hybridized carbons (Fsp3) is 0. The number of hydrazine groups is 1. The number of hydrogen-bond acceptors (Lipinski definition) is 2. The van der Waals surface area contributed by atoms with Crippen molar-refractivity contribution in [3.05, 3.63) is 0 Å². The first-order chi connectivity index (χ1) is 3.48.